The van der Waals surface area contributed by atoms with E-state index in [4.69, 9.17) is 5.73 Å². The molecule has 90 valence electrons. The van der Waals surface area contributed by atoms with Gasteiger partial charge in [0.25, 0.3) is 0 Å². The van der Waals surface area contributed by atoms with E-state index < -0.39 is 14.8 Å². The number of nitrogens with two attached hydrogens (primary N) is 1. The van der Waals surface area contributed by atoms with E-state index >= 15 is 0 Å². The van der Waals surface area contributed by atoms with Crippen molar-refractivity contribution >= 4 is 10.0 Å². The summed E-state index contributed by atoms with van der Waals surface area (Å²) in [6, 6.07) is 0. The van der Waals surface area contributed by atoms with Gasteiger partial charge in [0.15, 0.2) is 0 Å². The molecule has 5 heteroatoms. The lowest BCUT2D eigenvalue weighted by Crippen LogP contribution is -2.51. The standard InChI is InChI=1S/C10H22N2O2S/c1-10(2,3)15(13,14)12-8-6-4-5-7-9(12)11/h9H,4-8,11H2,1-3H3. The Morgan fingerprint density at radius 3 is 2.33 bits per heavy atom. The fourth-order valence-electron chi connectivity index (χ4n) is 1.76. The lowest BCUT2D eigenvalue weighted by Gasteiger charge is -2.32. The van der Waals surface area contributed by atoms with Gasteiger partial charge in [-0.3, -0.25) is 0 Å². The third kappa shape index (κ3) is 2.71. The molecule has 2 N–H and O–H groups in total. The molecule has 0 aromatic rings. The Bertz CT molecular complexity index is 306. The summed E-state index contributed by atoms with van der Waals surface area (Å²) >= 11 is 0. The maximum absolute atomic E-state index is 12.2. The molecule has 1 saturated heterocycles. The Balaban J connectivity index is 2.94. The molecule has 1 aliphatic rings. The monoisotopic (exact) mass is 234 g/mol. The lowest BCUT2D eigenvalue weighted by molar-refractivity contribution is 0.320. The fraction of sp³-hybridized carbons (Fsp3) is 1.00. The van der Waals surface area contributed by atoms with Gasteiger partial charge in [0, 0.05) is 6.54 Å². The highest BCUT2D eigenvalue weighted by Gasteiger charge is 2.38. The summed E-state index contributed by atoms with van der Waals surface area (Å²) in [5.74, 6) is 0. The smallest absolute Gasteiger partial charge is 0.220 e. The first-order valence-electron chi connectivity index (χ1n) is 5.54. The van der Waals surface area contributed by atoms with E-state index in [0.717, 1.165) is 25.7 Å². The highest BCUT2D eigenvalue weighted by atomic mass is 32.2. The molecule has 0 radical (unpaired) electrons. The topological polar surface area (TPSA) is 63.4 Å². The molecule has 0 saturated carbocycles. The van der Waals surface area contributed by atoms with Crippen LogP contribution in [-0.2, 0) is 10.0 Å². The molecule has 4 nitrogen and oxygen atoms in total. The normalized spacial score (nSPS) is 26.3. The third-order valence-electron chi connectivity index (χ3n) is 2.83. The molecule has 1 aliphatic heterocycles. The highest BCUT2D eigenvalue weighted by molar-refractivity contribution is 7.90. The molecule has 0 aromatic heterocycles. The lowest BCUT2D eigenvalue weighted by atomic mass is 10.2. The first-order valence-corrected chi connectivity index (χ1v) is 6.98. The summed E-state index contributed by atoms with van der Waals surface area (Å²) in [6.45, 7) is 5.74. The van der Waals surface area contributed by atoms with E-state index in [9.17, 15) is 8.42 Å². The maximum atomic E-state index is 12.2. The molecule has 0 spiro atoms. The molecule has 1 unspecified atom stereocenters. The maximum Gasteiger partial charge on any atom is 0.220 e. The van der Waals surface area contributed by atoms with E-state index in [2.05, 4.69) is 0 Å². The minimum Gasteiger partial charge on any atom is -0.315 e. The van der Waals surface area contributed by atoms with Gasteiger partial charge in [-0.15, -0.1) is 0 Å². The van der Waals surface area contributed by atoms with E-state index in [1.807, 2.05) is 0 Å². The zero-order valence-electron chi connectivity index (χ0n) is 9.86. The van der Waals surface area contributed by atoms with Gasteiger partial charge in [-0.25, -0.2) is 8.42 Å². The zero-order valence-corrected chi connectivity index (χ0v) is 10.7. The Kier molecular flexibility index (Phi) is 3.79. The largest absolute Gasteiger partial charge is 0.315 e. The van der Waals surface area contributed by atoms with Gasteiger partial charge in [0.1, 0.15) is 0 Å². The van der Waals surface area contributed by atoms with E-state index in [0.29, 0.717) is 6.54 Å². The van der Waals surface area contributed by atoms with Crippen molar-refractivity contribution in [2.24, 2.45) is 5.73 Å². The average Bonchev–Trinajstić information content (AvgIpc) is 2.27. The van der Waals surface area contributed by atoms with Gasteiger partial charge < -0.3 is 5.73 Å². The second-order valence-corrected chi connectivity index (χ2v) is 7.79. The summed E-state index contributed by atoms with van der Waals surface area (Å²) in [5, 5.41) is 0. The first-order chi connectivity index (χ1) is 6.77. The second-order valence-electron chi connectivity index (χ2n) is 5.14. The molecule has 1 rings (SSSR count). The van der Waals surface area contributed by atoms with Crippen molar-refractivity contribution < 1.29 is 8.42 Å². The predicted octanol–water partition coefficient (Wildman–Crippen LogP) is 1.28. The van der Waals surface area contributed by atoms with E-state index in [1.165, 1.54) is 4.31 Å². The van der Waals surface area contributed by atoms with Gasteiger partial charge in [-0.1, -0.05) is 12.8 Å². The summed E-state index contributed by atoms with van der Waals surface area (Å²) in [4.78, 5) is 0. The van der Waals surface area contributed by atoms with Gasteiger partial charge >= 0.3 is 0 Å². The molecule has 0 amide bonds. The average molecular weight is 234 g/mol. The predicted molar refractivity (Wildman–Crippen MR) is 61.8 cm³/mol. The van der Waals surface area contributed by atoms with Crippen LogP contribution in [0.5, 0.6) is 0 Å². The first kappa shape index (κ1) is 12.9. The van der Waals surface area contributed by atoms with Crippen molar-refractivity contribution in [1.29, 1.82) is 0 Å². The third-order valence-corrected chi connectivity index (χ3v) is 5.45. The quantitative estimate of drug-likeness (QED) is 0.743. The highest BCUT2D eigenvalue weighted by Crippen LogP contribution is 2.25. The minimum absolute atomic E-state index is 0.336. The molecule has 0 aliphatic carbocycles. The SMILES string of the molecule is CC(C)(C)S(=O)(=O)N1CCCCCC1N. The van der Waals surface area contributed by atoms with Crippen LogP contribution in [0.2, 0.25) is 0 Å². The van der Waals surface area contributed by atoms with Gasteiger partial charge in [0.2, 0.25) is 10.0 Å². The molecule has 1 fully saturated rings. The molecule has 15 heavy (non-hydrogen) atoms. The van der Waals surface area contributed by atoms with Crippen LogP contribution in [0.25, 0.3) is 0 Å². The van der Waals surface area contributed by atoms with Crippen LogP contribution in [0.15, 0.2) is 0 Å². The molecule has 0 aromatic carbocycles. The summed E-state index contributed by atoms with van der Waals surface area (Å²) < 4.78 is 25.2. The second kappa shape index (κ2) is 4.39. The Hall–Kier alpha value is -0.130. The van der Waals surface area contributed by atoms with Crippen LogP contribution < -0.4 is 5.73 Å². The molecular formula is C10H22N2O2S. The molecular weight excluding hydrogens is 212 g/mol. The van der Waals surface area contributed by atoms with Gasteiger partial charge in [-0.2, -0.15) is 4.31 Å². The number of sulfonamides is 1. The molecule has 1 atom stereocenters. The van der Waals surface area contributed by atoms with Crippen LogP contribution in [0.1, 0.15) is 46.5 Å². The number of rotatable bonds is 1. The molecule has 1 heterocycles. The summed E-state index contributed by atoms with van der Waals surface area (Å²) in [7, 11) is -3.26. The molecule has 0 bridgehead atoms. The van der Waals surface area contributed by atoms with Crippen LogP contribution in [0.4, 0.5) is 0 Å². The van der Waals surface area contributed by atoms with Crippen molar-refractivity contribution in [2.75, 3.05) is 6.54 Å². The Morgan fingerprint density at radius 2 is 1.80 bits per heavy atom. The zero-order chi connectivity index (χ0) is 11.7. The Morgan fingerprint density at radius 1 is 1.20 bits per heavy atom. The van der Waals surface area contributed by atoms with Crippen molar-refractivity contribution in [2.45, 2.75) is 57.4 Å². The van der Waals surface area contributed by atoms with Crippen LogP contribution in [0, 0.1) is 0 Å². The fourth-order valence-corrected chi connectivity index (χ4v) is 3.29. The number of hydrogen-bond acceptors (Lipinski definition) is 3. The van der Waals surface area contributed by atoms with E-state index in [1.54, 1.807) is 20.8 Å². The summed E-state index contributed by atoms with van der Waals surface area (Å²) in [6.07, 6.45) is 3.45. The van der Waals surface area contributed by atoms with Crippen LogP contribution in [-0.4, -0.2) is 30.2 Å². The van der Waals surface area contributed by atoms with Crippen molar-refractivity contribution in [3.05, 3.63) is 0 Å². The number of nitrogens with zero attached hydrogens (tertiary/aromatic N) is 1. The number of hydrogen-bond donors (Lipinski definition) is 1. The van der Waals surface area contributed by atoms with Gasteiger partial charge in [-0.05, 0) is 33.6 Å². The Labute approximate surface area is 92.9 Å². The minimum atomic E-state index is -3.26. The van der Waals surface area contributed by atoms with Crippen molar-refractivity contribution in [1.82, 2.24) is 4.31 Å². The van der Waals surface area contributed by atoms with Crippen LogP contribution >= 0.6 is 0 Å². The van der Waals surface area contributed by atoms with Crippen molar-refractivity contribution in [3.63, 3.8) is 0 Å². The van der Waals surface area contributed by atoms with Crippen molar-refractivity contribution in [3.8, 4) is 0 Å². The van der Waals surface area contributed by atoms with E-state index in [-0.39, 0.29) is 6.17 Å². The summed E-state index contributed by atoms with van der Waals surface area (Å²) in [5.41, 5.74) is 5.91. The van der Waals surface area contributed by atoms with Crippen LogP contribution in [0.3, 0.4) is 0 Å². The van der Waals surface area contributed by atoms with Gasteiger partial charge in [0.05, 0.1) is 10.9 Å².